The predicted molar refractivity (Wildman–Crippen MR) is 116 cm³/mol. The molecule has 7 heteroatoms. The van der Waals surface area contributed by atoms with Gasteiger partial charge in [-0.15, -0.1) is 22.7 Å². The Hall–Kier alpha value is -2.25. The molecular weight excluding hydrogens is 374 g/mol. The molecule has 0 fully saturated rings. The molecule has 3 aromatic rings. The molecule has 0 aliphatic heterocycles. The highest BCUT2D eigenvalue weighted by Gasteiger charge is 2.05. The molecule has 0 atom stereocenters. The normalized spacial score (nSPS) is 11.6. The first-order valence-corrected chi connectivity index (χ1v) is 10.7. The standard InChI is InChI=1S/C20H25N5S2/c1-14-4-6-16(7-5-14)19-25-17(13-26-19)8-10-22-20(21-3)23-11-9-18-24-12-15(2)27-18/h4-7,12-13H,8-11H2,1-3H3,(H2,21,22,23). The lowest BCUT2D eigenvalue weighted by Crippen LogP contribution is -2.39. The number of hydrogen-bond donors (Lipinski definition) is 2. The largest absolute Gasteiger partial charge is 0.356 e. The van der Waals surface area contributed by atoms with Crippen LogP contribution in [0.2, 0.25) is 0 Å². The van der Waals surface area contributed by atoms with Gasteiger partial charge >= 0.3 is 0 Å². The van der Waals surface area contributed by atoms with Crippen molar-refractivity contribution in [1.29, 1.82) is 0 Å². The quantitative estimate of drug-likeness (QED) is 0.468. The molecule has 0 unspecified atom stereocenters. The third-order valence-electron chi connectivity index (χ3n) is 4.05. The van der Waals surface area contributed by atoms with Crippen LogP contribution in [0, 0.1) is 13.8 Å². The fourth-order valence-electron chi connectivity index (χ4n) is 2.58. The van der Waals surface area contributed by atoms with E-state index in [4.69, 9.17) is 4.98 Å². The van der Waals surface area contributed by atoms with Crippen molar-refractivity contribution in [1.82, 2.24) is 20.6 Å². The number of nitrogens with one attached hydrogen (secondary N) is 2. The summed E-state index contributed by atoms with van der Waals surface area (Å²) in [7, 11) is 1.79. The van der Waals surface area contributed by atoms with E-state index in [-0.39, 0.29) is 0 Å². The van der Waals surface area contributed by atoms with E-state index in [2.05, 4.69) is 64.1 Å². The second-order valence-electron chi connectivity index (χ2n) is 6.30. The van der Waals surface area contributed by atoms with Gasteiger partial charge in [-0.1, -0.05) is 29.8 Å². The summed E-state index contributed by atoms with van der Waals surface area (Å²) >= 11 is 3.44. The third-order valence-corrected chi connectivity index (χ3v) is 5.96. The minimum absolute atomic E-state index is 0.799. The molecule has 142 valence electrons. The monoisotopic (exact) mass is 399 g/mol. The van der Waals surface area contributed by atoms with Crippen LogP contribution in [0.25, 0.3) is 10.6 Å². The Kier molecular flexibility index (Phi) is 6.95. The SMILES string of the molecule is CN=C(NCCc1csc(-c2ccc(C)cc2)n1)NCCc1ncc(C)s1. The van der Waals surface area contributed by atoms with Crippen LogP contribution in [0.4, 0.5) is 0 Å². The molecule has 0 spiro atoms. The van der Waals surface area contributed by atoms with Crippen molar-refractivity contribution >= 4 is 28.6 Å². The van der Waals surface area contributed by atoms with Gasteiger partial charge in [0.15, 0.2) is 5.96 Å². The second-order valence-corrected chi connectivity index (χ2v) is 8.48. The second kappa shape index (κ2) is 9.62. The summed E-state index contributed by atoms with van der Waals surface area (Å²) in [4.78, 5) is 14.7. The average molecular weight is 400 g/mol. The number of hydrogen-bond acceptors (Lipinski definition) is 5. The lowest BCUT2D eigenvalue weighted by molar-refractivity contribution is 0.776. The highest BCUT2D eigenvalue weighted by atomic mass is 32.1. The topological polar surface area (TPSA) is 62.2 Å². The summed E-state index contributed by atoms with van der Waals surface area (Å²) in [6.07, 6.45) is 3.70. The van der Waals surface area contributed by atoms with Crippen LogP contribution in [0.5, 0.6) is 0 Å². The molecule has 0 aliphatic rings. The van der Waals surface area contributed by atoms with Crippen molar-refractivity contribution in [3.63, 3.8) is 0 Å². The van der Waals surface area contributed by atoms with Crippen LogP contribution in [0.15, 0.2) is 40.8 Å². The van der Waals surface area contributed by atoms with Gasteiger partial charge in [0.25, 0.3) is 0 Å². The van der Waals surface area contributed by atoms with Crippen molar-refractivity contribution in [2.45, 2.75) is 26.7 Å². The van der Waals surface area contributed by atoms with E-state index < -0.39 is 0 Å². The van der Waals surface area contributed by atoms with Gasteiger partial charge < -0.3 is 10.6 Å². The number of aliphatic imine (C=N–C) groups is 1. The van der Waals surface area contributed by atoms with E-state index in [1.54, 1.807) is 29.7 Å². The first kappa shape index (κ1) is 19.5. The molecule has 0 bridgehead atoms. The van der Waals surface area contributed by atoms with Crippen molar-refractivity contribution in [3.8, 4) is 10.6 Å². The Bertz CT molecular complexity index is 880. The number of rotatable bonds is 7. The molecule has 0 aliphatic carbocycles. The molecule has 5 nitrogen and oxygen atoms in total. The summed E-state index contributed by atoms with van der Waals surface area (Å²) in [5, 5.41) is 11.1. The van der Waals surface area contributed by atoms with Crippen molar-refractivity contribution < 1.29 is 0 Å². The van der Waals surface area contributed by atoms with E-state index in [0.717, 1.165) is 47.6 Å². The van der Waals surface area contributed by atoms with Crippen molar-refractivity contribution in [2.24, 2.45) is 4.99 Å². The van der Waals surface area contributed by atoms with Crippen molar-refractivity contribution in [3.05, 3.63) is 57.0 Å². The van der Waals surface area contributed by atoms with E-state index in [1.807, 2.05) is 6.20 Å². The maximum absolute atomic E-state index is 4.75. The van der Waals surface area contributed by atoms with Crippen LogP contribution >= 0.6 is 22.7 Å². The molecule has 2 heterocycles. The molecule has 2 N–H and O–H groups in total. The minimum Gasteiger partial charge on any atom is -0.356 e. The highest BCUT2D eigenvalue weighted by molar-refractivity contribution is 7.13. The third kappa shape index (κ3) is 5.87. The molecule has 0 radical (unpaired) electrons. The number of nitrogens with zero attached hydrogens (tertiary/aromatic N) is 3. The van der Waals surface area contributed by atoms with Crippen LogP contribution in [0.3, 0.4) is 0 Å². The van der Waals surface area contributed by atoms with Crippen LogP contribution in [0.1, 0.15) is 21.1 Å². The van der Waals surface area contributed by atoms with Crippen LogP contribution in [-0.2, 0) is 12.8 Å². The zero-order valence-electron chi connectivity index (χ0n) is 16.0. The molecule has 2 aromatic heterocycles. The Morgan fingerprint density at radius 1 is 1.07 bits per heavy atom. The minimum atomic E-state index is 0.799. The predicted octanol–water partition coefficient (Wildman–Crippen LogP) is 3.83. The average Bonchev–Trinajstić information content (AvgIpc) is 3.30. The summed E-state index contributed by atoms with van der Waals surface area (Å²) < 4.78 is 0. The smallest absolute Gasteiger partial charge is 0.191 e. The number of guanidine groups is 1. The lowest BCUT2D eigenvalue weighted by Gasteiger charge is -2.10. The van der Waals surface area contributed by atoms with E-state index in [1.165, 1.54) is 16.0 Å². The summed E-state index contributed by atoms with van der Waals surface area (Å²) in [6, 6.07) is 8.51. The first-order chi connectivity index (χ1) is 13.1. The number of benzene rings is 1. The van der Waals surface area contributed by atoms with E-state index in [9.17, 15) is 0 Å². The first-order valence-electron chi connectivity index (χ1n) is 9.01. The van der Waals surface area contributed by atoms with Gasteiger partial charge in [0.2, 0.25) is 0 Å². The zero-order chi connectivity index (χ0) is 19.1. The summed E-state index contributed by atoms with van der Waals surface area (Å²) in [5.74, 6) is 0.817. The van der Waals surface area contributed by atoms with Gasteiger partial charge in [-0.2, -0.15) is 0 Å². The fourth-order valence-corrected chi connectivity index (χ4v) is 4.23. The maximum atomic E-state index is 4.75. The summed E-state index contributed by atoms with van der Waals surface area (Å²) in [5.41, 5.74) is 3.56. The Morgan fingerprint density at radius 2 is 1.81 bits per heavy atom. The zero-order valence-corrected chi connectivity index (χ0v) is 17.6. The number of aryl methyl sites for hydroxylation is 2. The molecular formula is C20H25N5S2. The summed E-state index contributed by atoms with van der Waals surface area (Å²) in [6.45, 7) is 5.80. The van der Waals surface area contributed by atoms with E-state index >= 15 is 0 Å². The molecule has 1 aromatic carbocycles. The fraction of sp³-hybridized carbons (Fsp3) is 0.350. The van der Waals surface area contributed by atoms with E-state index in [0.29, 0.717) is 0 Å². The van der Waals surface area contributed by atoms with Gasteiger partial charge in [0.1, 0.15) is 5.01 Å². The van der Waals surface area contributed by atoms with Gasteiger partial charge in [-0.05, 0) is 13.8 Å². The van der Waals surface area contributed by atoms with Gasteiger partial charge in [0.05, 0.1) is 10.7 Å². The molecule has 0 saturated heterocycles. The molecule has 3 rings (SSSR count). The van der Waals surface area contributed by atoms with Gasteiger partial charge in [0, 0.05) is 55.0 Å². The number of aromatic nitrogens is 2. The lowest BCUT2D eigenvalue weighted by atomic mass is 10.2. The maximum Gasteiger partial charge on any atom is 0.191 e. The van der Waals surface area contributed by atoms with Crippen molar-refractivity contribution in [2.75, 3.05) is 20.1 Å². The molecule has 27 heavy (non-hydrogen) atoms. The molecule has 0 saturated carbocycles. The van der Waals surface area contributed by atoms with Gasteiger partial charge in [-0.25, -0.2) is 9.97 Å². The highest BCUT2D eigenvalue weighted by Crippen LogP contribution is 2.24. The Morgan fingerprint density at radius 3 is 2.48 bits per heavy atom. The Balaban J connectivity index is 1.42. The van der Waals surface area contributed by atoms with Gasteiger partial charge in [-0.3, -0.25) is 4.99 Å². The number of thiazole rings is 2. The molecule has 0 amide bonds. The van der Waals surface area contributed by atoms with Crippen LogP contribution < -0.4 is 10.6 Å². The Labute approximate surface area is 168 Å². The van der Waals surface area contributed by atoms with Crippen LogP contribution in [-0.4, -0.2) is 36.1 Å².